The molecule has 14 heavy (non-hydrogen) atoms. The van der Waals surface area contributed by atoms with E-state index < -0.39 is 0 Å². The molecule has 0 radical (unpaired) electrons. The molecule has 0 amide bonds. The molecule has 2 heterocycles. The maximum Gasteiger partial charge on any atom is 0.0619 e. The third-order valence-electron chi connectivity index (χ3n) is 3.49. The molecule has 0 aromatic rings. The van der Waals surface area contributed by atoms with E-state index in [-0.39, 0.29) is 0 Å². The van der Waals surface area contributed by atoms with Gasteiger partial charge in [-0.05, 0) is 45.3 Å². The predicted octanol–water partition coefficient (Wildman–Crippen LogP) is 0.707. The molecular formula is C11H22N2O. The van der Waals surface area contributed by atoms with E-state index in [4.69, 9.17) is 4.74 Å². The fourth-order valence-electron chi connectivity index (χ4n) is 2.40. The van der Waals surface area contributed by atoms with Crippen LogP contribution in [0, 0.1) is 5.92 Å². The number of hydrogen-bond donors (Lipinski definition) is 1. The van der Waals surface area contributed by atoms with Gasteiger partial charge < -0.3 is 10.1 Å². The lowest BCUT2D eigenvalue weighted by Gasteiger charge is -2.33. The number of morpholine rings is 1. The molecule has 2 saturated heterocycles. The van der Waals surface area contributed by atoms with Crippen molar-refractivity contribution >= 4 is 0 Å². The molecular weight excluding hydrogens is 176 g/mol. The van der Waals surface area contributed by atoms with Crippen molar-refractivity contribution in [3.8, 4) is 0 Å². The lowest BCUT2D eigenvalue weighted by molar-refractivity contribution is -0.00223. The van der Waals surface area contributed by atoms with Crippen LogP contribution in [0.4, 0.5) is 0 Å². The first kappa shape index (κ1) is 10.4. The summed E-state index contributed by atoms with van der Waals surface area (Å²) in [5.74, 6) is 0.921. The minimum Gasteiger partial charge on any atom is -0.379 e. The predicted molar refractivity (Wildman–Crippen MR) is 57.4 cm³/mol. The summed E-state index contributed by atoms with van der Waals surface area (Å²) in [6, 6.07) is 0.623. The zero-order chi connectivity index (χ0) is 9.80. The Bertz CT molecular complexity index is 169. The van der Waals surface area contributed by atoms with Gasteiger partial charge in [-0.25, -0.2) is 0 Å². The average molecular weight is 198 g/mol. The van der Waals surface area contributed by atoms with Gasteiger partial charge in [-0.15, -0.1) is 0 Å². The Labute approximate surface area is 86.8 Å². The average Bonchev–Trinajstić information content (AvgIpc) is 2.69. The zero-order valence-electron chi connectivity index (χ0n) is 9.17. The number of ether oxygens (including phenoxy) is 1. The van der Waals surface area contributed by atoms with Crippen LogP contribution in [0.1, 0.15) is 19.8 Å². The molecule has 0 aromatic carbocycles. The molecule has 3 nitrogen and oxygen atoms in total. The third-order valence-corrected chi connectivity index (χ3v) is 3.49. The van der Waals surface area contributed by atoms with Crippen molar-refractivity contribution in [2.75, 3.05) is 39.4 Å². The molecule has 0 aliphatic carbocycles. The summed E-state index contributed by atoms with van der Waals surface area (Å²) in [5, 5.41) is 3.43. The zero-order valence-corrected chi connectivity index (χ0v) is 9.17. The van der Waals surface area contributed by atoms with Gasteiger partial charge in [-0.1, -0.05) is 0 Å². The highest BCUT2D eigenvalue weighted by Crippen LogP contribution is 2.15. The van der Waals surface area contributed by atoms with Crippen LogP contribution < -0.4 is 5.32 Å². The van der Waals surface area contributed by atoms with Gasteiger partial charge in [-0.3, -0.25) is 4.90 Å². The standard InChI is InChI=1S/C11H22N2O/c1-10-9-14-7-6-13(10)5-3-11-2-4-12-8-11/h10-12H,2-9H2,1H3. The van der Waals surface area contributed by atoms with E-state index in [1.807, 2.05) is 0 Å². The molecule has 2 aliphatic heterocycles. The summed E-state index contributed by atoms with van der Waals surface area (Å²) in [5.41, 5.74) is 0. The van der Waals surface area contributed by atoms with E-state index in [9.17, 15) is 0 Å². The second kappa shape index (κ2) is 5.10. The Hall–Kier alpha value is -0.120. The Morgan fingerprint density at radius 1 is 1.50 bits per heavy atom. The molecule has 0 saturated carbocycles. The third kappa shape index (κ3) is 2.69. The number of rotatable bonds is 3. The Morgan fingerprint density at radius 3 is 3.14 bits per heavy atom. The largest absolute Gasteiger partial charge is 0.379 e. The highest BCUT2D eigenvalue weighted by atomic mass is 16.5. The number of nitrogens with zero attached hydrogens (tertiary/aromatic N) is 1. The fraction of sp³-hybridized carbons (Fsp3) is 1.00. The molecule has 82 valence electrons. The molecule has 2 rings (SSSR count). The lowest BCUT2D eigenvalue weighted by atomic mass is 10.0. The maximum atomic E-state index is 5.43. The number of hydrogen-bond acceptors (Lipinski definition) is 3. The van der Waals surface area contributed by atoms with Crippen LogP contribution in [0.2, 0.25) is 0 Å². The van der Waals surface area contributed by atoms with Crippen LogP contribution >= 0.6 is 0 Å². The molecule has 0 spiro atoms. The van der Waals surface area contributed by atoms with Crippen LogP contribution in [0.25, 0.3) is 0 Å². The van der Waals surface area contributed by atoms with Crippen molar-refractivity contribution in [3.05, 3.63) is 0 Å². The molecule has 3 heteroatoms. The van der Waals surface area contributed by atoms with Crippen molar-refractivity contribution in [2.24, 2.45) is 5.92 Å². The van der Waals surface area contributed by atoms with E-state index in [0.29, 0.717) is 6.04 Å². The summed E-state index contributed by atoms with van der Waals surface area (Å²) in [6.07, 6.45) is 2.73. The Kier molecular flexibility index (Phi) is 3.79. The van der Waals surface area contributed by atoms with Gasteiger partial charge >= 0.3 is 0 Å². The molecule has 2 aliphatic rings. The van der Waals surface area contributed by atoms with E-state index in [1.54, 1.807) is 0 Å². The molecule has 0 aromatic heterocycles. The molecule has 2 fully saturated rings. The van der Waals surface area contributed by atoms with E-state index >= 15 is 0 Å². The first-order valence-electron chi connectivity index (χ1n) is 5.89. The molecule has 0 bridgehead atoms. The van der Waals surface area contributed by atoms with Crippen molar-refractivity contribution in [2.45, 2.75) is 25.8 Å². The maximum absolute atomic E-state index is 5.43. The fourth-order valence-corrected chi connectivity index (χ4v) is 2.40. The smallest absolute Gasteiger partial charge is 0.0619 e. The second-order valence-corrected chi connectivity index (χ2v) is 4.61. The van der Waals surface area contributed by atoms with E-state index in [0.717, 1.165) is 25.7 Å². The number of nitrogens with one attached hydrogen (secondary N) is 1. The first-order valence-corrected chi connectivity index (χ1v) is 5.89. The SMILES string of the molecule is CC1COCCN1CCC1CCNC1. The highest BCUT2D eigenvalue weighted by Gasteiger charge is 2.21. The lowest BCUT2D eigenvalue weighted by Crippen LogP contribution is -2.44. The van der Waals surface area contributed by atoms with Crippen LogP contribution in [-0.2, 0) is 4.74 Å². The van der Waals surface area contributed by atoms with Gasteiger partial charge in [0.15, 0.2) is 0 Å². The van der Waals surface area contributed by atoms with Crippen LogP contribution in [0.15, 0.2) is 0 Å². The quantitative estimate of drug-likeness (QED) is 0.723. The monoisotopic (exact) mass is 198 g/mol. The van der Waals surface area contributed by atoms with Gasteiger partial charge in [-0.2, -0.15) is 0 Å². The molecule has 1 N–H and O–H groups in total. The van der Waals surface area contributed by atoms with Crippen LogP contribution in [0.3, 0.4) is 0 Å². The normalized spacial score (nSPS) is 34.9. The van der Waals surface area contributed by atoms with Crippen molar-refractivity contribution < 1.29 is 4.74 Å². The molecule has 2 atom stereocenters. The summed E-state index contributed by atoms with van der Waals surface area (Å²) < 4.78 is 5.43. The summed E-state index contributed by atoms with van der Waals surface area (Å²) in [6.45, 7) is 8.96. The first-order chi connectivity index (χ1) is 6.86. The Morgan fingerprint density at radius 2 is 2.43 bits per heavy atom. The Balaban J connectivity index is 1.67. The molecule has 2 unspecified atom stereocenters. The second-order valence-electron chi connectivity index (χ2n) is 4.61. The summed E-state index contributed by atoms with van der Waals surface area (Å²) in [4.78, 5) is 2.57. The highest BCUT2D eigenvalue weighted by molar-refractivity contribution is 4.76. The van der Waals surface area contributed by atoms with Gasteiger partial charge in [0.2, 0.25) is 0 Å². The van der Waals surface area contributed by atoms with Crippen molar-refractivity contribution in [1.82, 2.24) is 10.2 Å². The minimum atomic E-state index is 0.623. The van der Waals surface area contributed by atoms with Gasteiger partial charge in [0.25, 0.3) is 0 Å². The van der Waals surface area contributed by atoms with Crippen molar-refractivity contribution in [3.63, 3.8) is 0 Å². The van der Waals surface area contributed by atoms with E-state index in [2.05, 4.69) is 17.1 Å². The van der Waals surface area contributed by atoms with Gasteiger partial charge in [0.1, 0.15) is 0 Å². The van der Waals surface area contributed by atoms with Gasteiger partial charge in [0, 0.05) is 12.6 Å². The van der Waals surface area contributed by atoms with Crippen LogP contribution in [0.5, 0.6) is 0 Å². The van der Waals surface area contributed by atoms with Gasteiger partial charge in [0.05, 0.1) is 13.2 Å². The van der Waals surface area contributed by atoms with Crippen LogP contribution in [-0.4, -0.2) is 50.3 Å². The summed E-state index contributed by atoms with van der Waals surface area (Å²) in [7, 11) is 0. The van der Waals surface area contributed by atoms with E-state index in [1.165, 1.54) is 32.5 Å². The van der Waals surface area contributed by atoms with Crippen molar-refractivity contribution in [1.29, 1.82) is 0 Å². The topological polar surface area (TPSA) is 24.5 Å². The summed E-state index contributed by atoms with van der Waals surface area (Å²) >= 11 is 0. The minimum absolute atomic E-state index is 0.623.